The van der Waals surface area contributed by atoms with Gasteiger partial charge in [-0.1, -0.05) is 29.8 Å². The summed E-state index contributed by atoms with van der Waals surface area (Å²) in [6.07, 6.45) is 0. The third kappa shape index (κ3) is 2.13. The smallest absolute Gasteiger partial charge is 0.228 e. The van der Waals surface area contributed by atoms with Crippen LogP contribution in [0.15, 0.2) is 52.9 Å². The molecule has 0 amide bonds. The molecule has 19 heavy (non-hydrogen) atoms. The quantitative estimate of drug-likeness (QED) is 0.646. The number of carbonyl (C=O) groups is 1. The maximum Gasteiger partial charge on any atom is 0.228 e. The second kappa shape index (κ2) is 4.52. The fraction of sp³-hybridized carbons (Fsp3) is 0. The molecule has 0 aliphatic carbocycles. The van der Waals surface area contributed by atoms with Gasteiger partial charge in [0, 0.05) is 10.9 Å². The summed E-state index contributed by atoms with van der Waals surface area (Å²) < 4.78 is 18.6. The molecule has 0 spiro atoms. The van der Waals surface area contributed by atoms with E-state index < -0.39 is 5.82 Å². The Morgan fingerprint density at radius 1 is 1.11 bits per heavy atom. The van der Waals surface area contributed by atoms with Crippen molar-refractivity contribution in [3.05, 3.63) is 70.7 Å². The third-order valence-electron chi connectivity index (χ3n) is 2.82. The average Bonchev–Trinajstić information content (AvgIpc) is 2.83. The fourth-order valence-corrected chi connectivity index (χ4v) is 2.13. The van der Waals surface area contributed by atoms with Gasteiger partial charge in [-0.05, 0) is 30.3 Å². The molecule has 1 aromatic heterocycles. The molecule has 94 valence electrons. The zero-order valence-corrected chi connectivity index (χ0v) is 10.4. The Morgan fingerprint density at radius 2 is 1.89 bits per heavy atom. The fourth-order valence-electron chi connectivity index (χ4n) is 1.91. The topological polar surface area (TPSA) is 30.2 Å². The highest BCUT2D eigenvalue weighted by Gasteiger charge is 2.16. The first kappa shape index (κ1) is 11.9. The molecule has 0 unspecified atom stereocenters. The summed E-state index contributed by atoms with van der Waals surface area (Å²) in [6, 6.07) is 12.2. The number of hydrogen-bond donors (Lipinski definition) is 0. The van der Waals surface area contributed by atoms with Crippen LogP contribution in [0.3, 0.4) is 0 Å². The number of halogens is 2. The van der Waals surface area contributed by atoms with Gasteiger partial charge in [-0.3, -0.25) is 4.79 Å². The first-order valence-corrected chi connectivity index (χ1v) is 6.01. The Kier molecular flexibility index (Phi) is 2.84. The van der Waals surface area contributed by atoms with Gasteiger partial charge in [0.25, 0.3) is 0 Å². The van der Waals surface area contributed by atoms with Gasteiger partial charge in [0.05, 0.1) is 5.02 Å². The number of hydrogen-bond acceptors (Lipinski definition) is 2. The van der Waals surface area contributed by atoms with Crippen molar-refractivity contribution in [2.45, 2.75) is 0 Å². The van der Waals surface area contributed by atoms with Gasteiger partial charge < -0.3 is 4.42 Å². The summed E-state index contributed by atoms with van der Waals surface area (Å²) in [4.78, 5) is 12.2. The number of benzene rings is 2. The zero-order valence-electron chi connectivity index (χ0n) is 9.69. The summed E-state index contributed by atoms with van der Waals surface area (Å²) in [5.41, 5.74) is 0.780. The molecule has 0 bridgehead atoms. The van der Waals surface area contributed by atoms with Gasteiger partial charge in [-0.25, -0.2) is 4.39 Å². The highest BCUT2D eigenvalue weighted by Crippen LogP contribution is 2.27. The maximum atomic E-state index is 13.1. The van der Waals surface area contributed by atoms with E-state index in [0.29, 0.717) is 16.0 Å². The van der Waals surface area contributed by atoms with Crippen molar-refractivity contribution >= 4 is 28.4 Å². The van der Waals surface area contributed by atoms with Crippen LogP contribution in [0.5, 0.6) is 0 Å². The molecule has 2 aromatic carbocycles. The summed E-state index contributed by atoms with van der Waals surface area (Å²) in [5, 5.41) is 1.18. The first-order chi connectivity index (χ1) is 9.15. The predicted molar refractivity (Wildman–Crippen MR) is 71.1 cm³/mol. The van der Waals surface area contributed by atoms with Crippen molar-refractivity contribution < 1.29 is 13.6 Å². The SMILES string of the molecule is O=C(c1cccc(F)c1)c1cc2c(Cl)cccc2o1. The lowest BCUT2D eigenvalue weighted by atomic mass is 10.1. The highest BCUT2D eigenvalue weighted by atomic mass is 35.5. The lowest BCUT2D eigenvalue weighted by Gasteiger charge is -1.96. The summed E-state index contributed by atoms with van der Waals surface area (Å²) >= 11 is 6.01. The molecule has 0 radical (unpaired) electrons. The Hall–Kier alpha value is -2.13. The highest BCUT2D eigenvalue weighted by molar-refractivity contribution is 6.35. The van der Waals surface area contributed by atoms with Crippen molar-refractivity contribution in [1.82, 2.24) is 0 Å². The van der Waals surface area contributed by atoms with Crippen molar-refractivity contribution in [2.75, 3.05) is 0 Å². The summed E-state index contributed by atoms with van der Waals surface area (Å²) in [5.74, 6) is -0.680. The number of fused-ring (bicyclic) bond motifs is 1. The molecule has 1 heterocycles. The lowest BCUT2D eigenvalue weighted by Crippen LogP contribution is -1.99. The van der Waals surface area contributed by atoms with E-state index in [1.807, 2.05) is 0 Å². The van der Waals surface area contributed by atoms with Crippen LogP contribution >= 0.6 is 11.6 Å². The molecule has 2 nitrogen and oxygen atoms in total. The molecule has 0 N–H and O–H groups in total. The van der Waals surface area contributed by atoms with Crippen LogP contribution in [-0.4, -0.2) is 5.78 Å². The molecule has 3 rings (SSSR count). The molecule has 3 aromatic rings. The standard InChI is InChI=1S/C15H8ClFO2/c16-12-5-2-6-13-11(12)8-14(19-13)15(18)9-3-1-4-10(17)7-9/h1-8H. The van der Waals surface area contributed by atoms with Crippen LogP contribution < -0.4 is 0 Å². The Labute approximate surface area is 113 Å². The summed E-state index contributed by atoms with van der Waals surface area (Å²) in [7, 11) is 0. The van der Waals surface area contributed by atoms with Crippen molar-refractivity contribution in [3.63, 3.8) is 0 Å². The van der Waals surface area contributed by atoms with Crippen molar-refractivity contribution in [3.8, 4) is 0 Å². The Balaban J connectivity index is 2.09. The van der Waals surface area contributed by atoms with E-state index in [1.165, 1.54) is 18.2 Å². The Bertz CT molecular complexity index is 777. The lowest BCUT2D eigenvalue weighted by molar-refractivity contribution is 0.101. The van der Waals surface area contributed by atoms with E-state index in [-0.39, 0.29) is 17.1 Å². The van der Waals surface area contributed by atoms with Gasteiger partial charge in [0.2, 0.25) is 5.78 Å². The first-order valence-electron chi connectivity index (χ1n) is 5.63. The number of furan rings is 1. The minimum Gasteiger partial charge on any atom is -0.453 e. The van der Waals surface area contributed by atoms with Crippen LogP contribution in [0.4, 0.5) is 4.39 Å². The monoisotopic (exact) mass is 274 g/mol. The van der Waals surface area contributed by atoms with E-state index in [4.69, 9.17) is 16.0 Å². The van der Waals surface area contributed by atoms with Gasteiger partial charge >= 0.3 is 0 Å². The Morgan fingerprint density at radius 3 is 2.63 bits per heavy atom. The zero-order chi connectivity index (χ0) is 13.4. The van der Waals surface area contributed by atoms with Gasteiger partial charge in [-0.2, -0.15) is 0 Å². The van der Waals surface area contributed by atoms with E-state index in [2.05, 4.69) is 0 Å². The molecule has 0 saturated heterocycles. The van der Waals surface area contributed by atoms with Crippen LogP contribution in [0.1, 0.15) is 16.1 Å². The van der Waals surface area contributed by atoms with E-state index in [0.717, 1.165) is 0 Å². The van der Waals surface area contributed by atoms with E-state index >= 15 is 0 Å². The normalized spacial score (nSPS) is 10.8. The molecule has 4 heteroatoms. The molecule has 0 atom stereocenters. The van der Waals surface area contributed by atoms with E-state index in [9.17, 15) is 9.18 Å². The average molecular weight is 275 g/mol. The minimum absolute atomic E-state index is 0.147. The van der Waals surface area contributed by atoms with Crippen molar-refractivity contribution in [2.24, 2.45) is 0 Å². The van der Waals surface area contributed by atoms with Gasteiger partial charge in [0.15, 0.2) is 5.76 Å². The molecule has 0 aliphatic rings. The molecular weight excluding hydrogens is 267 g/mol. The molecular formula is C15H8ClFO2. The second-order valence-electron chi connectivity index (χ2n) is 4.10. The number of carbonyl (C=O) groups excluding carboxylic acids is 1. The van der Waals surface area contributed by atoms with Crippen molar-refractivity contribution in [1.29, 1.82) is 0 Å². The minimum atomic E-state index is -0.458. The molecule has 0 saturated carbocycles. The van der Waals surface area contributed by atoms with Gasteiger partial charge in [0.1, 0.15) is 11.4 Å². The summed E-state index contributed by atoms with van der Waals surface area (Å²) in [6.45, 7) is 0. The third-order valence-corrected chi connectivity index (χ3v) is 3.15. The van der Waals surface area contributed by atoms with Crippen LogP contribution in [0.2, 0.25) is 5.02 Å². The molecule has 0 aliphatic heterocycles. The maximum absolute atomic E-state index is 13.1. The number of rotatable bonds is 2. The predicted octanol–water partition coefficient (Wildman–Crippen LogP) is 4.46. The van der Waals surface area contributed by atoms with Crippen LogP contribution in [0, 0.1) is 5.82 Å². The van der Waals surface area contributed by atoms with Crippen LogP contribution in [-0.2, 0) is 0 Å². The van der Waals surface area contributed by atoms with Crippen LogP contribution in [0.25, 0.3) is 11.0 Å². The molecule has 0 fully saturated rings. The number of ketones is 1. The second-order valence-corrected chi connectivity index (χ2v) is 4.51. The van der Waals surface area contributed by atoms with E-state index in [1.54, 1.807) is 30.3 Å². The van der Waals surface area contributed by atoms with Gasteiger partial charge in [-0.15, -0.1) is 0 Å². The largest absolute Gasteiger partial charge is 0.453 e.